The van der Waals surface area contributed by atoms with Crippen LogP contribution in [0, 0.1) is 112 Å². The van der Waals surface area contributed by atoms with E-state index in [4.69, 9.17) is 32.7 Å². The van der Waals surface area contributed by atoms with Gasteiger partial charge in [0.05, 0.1) is 35.9 Å². The molecule has 0 amide bonds. The normalized spacial score (nSPS) is 35.5. The number of benzene rings is 2. The van der Waals surface area contributed by atoms with Gasteiger partial charge in [0, 0.05) is 96.9 Å². The Labute approximate surface area is 695 Å². The highest BCUT2D eigenvalue weighted by Crippen LogP contribution is 2.80. The van der Waals surface area contributed by atoms with Gasteiger partial charge in [-0.1, -0.05) is 156 Å². The quantitative estimate of drug-likeness (QED) is 0.0645. The van der Waals surface area contributed by atoms with Crippen molar-refractivity contribution in [1.29, 1.82) is 0 Å². The summed E-state index contributed by atoms with van der Waals surface area (Å²) in [6.07, 6.45) is 14.3. The van der Waals surface area contributed by atoms with Crippen molar-refractivity contribution in [2.75, 3.05) is 67.5 Å². The van der Waals surface area contributed by atoms with E-state index >= 15 is 0 Å². The second kappa shape index (κ2) is 32.8. The number of fused-ring (bicyclic) bond motifs is 14. The number of aliphatic hydroxyl groups excluding tert-OH is 2. The van der Waals surface area contributed by atoms with Gasteiger partial charge in [0.15, 0.2) is 11.6 Å². The monoisotopic (exact) mass is 1620 g/mol. The molecule has 636 valence electrons. The van der Waals surface area contributed by atoms with Crippen LogP contribution in [0.5, 0.6) is 0 Å². The number of esters is 2. The van der Waals surface area contributed by atoms with Crippen molar-refractivity contribution in [1.82, 2.24) is 19.6 Å². The Bertz CT molecular complexity index is 3720. The summed E-state index contributed by atoms with van der Waals surface area (Å²) in [5.74, 6) is 0.00522. The number of carbonyl (C=O) groups is 6. The van der Waals surface area contributed by atoms with Gasteiger partial charge >= 0.3 is 23.9 Å². The number of carboxylic acid groups (broad SMARTS) is 2. The number of ketones is 2. The van der Waals surface area contributed by atoms with E-state index in [1.54, 1.807) is 27.7 Å². The van der Waals surface area contributed by atoms with Crippen LogP contribution in [0.25, 0.3) is 0 Å². The molecule has 0 radical (unpaired) electrons. The maximum atomic E-state index is 14.3. The molecular weight excluding hydrogens is 1470 g/mol. The number of allylic oxidation sites excluding steroid dienone is 2. The van der Waals surface area contributed by atoms with E-state index in [2.05, 4.69) is 169 Å². The Morgan fingerprint density at radius 1 is 0.456 bits per heavy atom. The molecule has 0 bridgehead atoms. The first-order valence-electron chi connectivity index (χ1n) is 43.9. The molecule has 0 unspecified atom stereocenters. The summed E-state index contributed by atoms with van der Waals surface area (Å²) in [7, 11) is 8.34. The number of carbonyl (C=O) groups excluding carboxylic acids is 4. The van der Waals surface area contributed by atoms with Crippen LogP contribution < -0.4 is 0 Å². The molecule has 4 N–H and O–H groups in total. The zero-order chi connectivity index (χ0) is 84.2. The number of aliphatic carboxylic acids is 2. The third-order valence-corrected chi connectivity index (χ3v) is 34.7. The zero-order valence-corrected chi connectivity index (χ0v) is 75.5. The van der Waals surface area contributed by atoms with Crippen molar-refractivity contribution in [3.8, 4) is 0 Å². The summed E-state index contributed by atoms with van der Waals surface area (Å²) >= 11 is 12.5. The van der Waals surface area contributed by atoms with E-state index in [0.717, 1.165) is 151 Å². The first kappa shape index (κ1) is 90.2. The smallest absolute Gasteiger partial charge is 0.309 e. The number of likely N-dealkylation sites (N-methyl/N-ethyl adjacent to an activating group) is 2. The molecule has 8 fully saturated rings. The predicted molar refractivity (Wildman–Crippen MR) is 453 cm³/mol. The zero-order valence-electron chi connectivity index (χ0n) is 73.9. The second-order valence-corrected chi connectivity index (χ2v) is 44.3. The number of Topliss-reactive ketones (excluding diaryl/α,β-unsaturated/α-hetero) is 2. The number of halogens is 2. The van der Waals surface area contributed by atoms with Crippen LogP contribution in [0.15, 0.2) is 70.8 Å². The molecule has 0 heterocycles. The van der Waals surface area contributed by atoms with E-state index in [1.165, 1.54) is 11.1 Å². The Balaban J connectivity index is 0.000000225. The molecule has 0 spiro atoms. The number of carboxylic acids is 2. The Kier molecular flexibility index (Phi) is 26.0. The Morgan fingerprint density at radius 2 is 0.789 bits per heavy atom. The fourth-order valence-corrected chi connectivity index (χ4v) is 27.8. The minimum Gasteiger partial charge on any atom is -0.481 e. The largest absolute Gasteiger partial charge is 0.481 e. The van der Waals surface area contributed by atoms with Crippen LogP contribution in [0.3, 0.4) is 0 Å². The fraction of sp³-hybridized carbons (Fsp3) is 0.771. The third-order valence-electron chi connectivity index (χ3n) is 34.2. The van der Waals surface area contributed by atoms with Gasteiger partial charge in [0.25, 0.3) is 0 Å². The highest BCUT2D eigenvalue weighted by atomic mass is 35.5. The average molecular weight is 1620 g/mol. The molecule has 114 heavy (non-hydrogen) atoms. The lowest BCUT2D eigenvalue weighted by Crippen LogP contribution is -2.66. The Morgan fingerprint density at radius 3 is 1.10 bits per heavy atom. The summed E-state index contributed by atoms with van der Waals surface area (Å²) in [6, 6.07) is 16.0. The SMILES string of the molecule is CC(C)C1=C2[C@H]3CC[C@@H]4[C@@]5(C)CC[C@H](OC(=O)CC(C)(C)C(=O)O)C(C)(C)[C@@H]5CC[C@@]4(C)[C@]3(C)CC[C@@]2([C@@H](O)CN(CCN(C)C)Cc2ccc(Cl)cc2)CC1=O.CC(C)C1=C2[C@H]3CC[C@@H]4[C@@]5(C)CC[C@H](OC(=O)CC(C)(C)C(=O)O)C(C)(C)[C@@H]5CC[C@@]4(C)[C@]3(C)CC[C@@]2([C@H](O)CN(CCN(C)C)Cc2ccc(Cl)cc2)CC1=O. The molecule has 18 atom stereocenters. The molecule has 0 aliphatic heterocycles. The van der Waals surface area contributed by atoms with Crippen molar-refractivity contribution in [2.24, 2.45) is 112 Å². The summed E-state index contributed by atoms with van der Waals surface area (Å²) in [4.78, 5) is 87.7. The number of ether oxygens (including phenoxy) is 2. The highest BCUT2D eigenvalue weighted by Gasteiger charge is 2.74. The van der Waals surface area contributed by atoms with Gasteiger partial charge in [-0.3, -0.25) is 38.6 Å². The Hall–Kier alpha value is -4.52. The number of aliphatic hydroxyl groups is 2. The molecule has 10 aliphatic rings. The number of hydrogen-bond acceptors (Lipinski definition) is 14. The molecule has 2 aromatic rings. The van der Waals surface area contributed by atoms with E-state index in [-0.39, 0.29) is 104 Å². The second-order valence-electron chi connectivity index (χ2n) is 43.5. The number of rotatable bonds is 26. The summed E-state index contributed by atoms with van der Waals surface area (Å²) < 4.78 is 12.4. The summed E-state index contributed by atoms with van der Waals surface area (Å²) in [6.45, 7) is 45.2. The van der Waals surface area contributed by atoms with Crippen LogP contribution in [0.4, 0.5) is 0 Å². The van der Waals surface area contributed by atoms with Gasteiger partial charge in [0.2, 0.25) is 0 Å². The van der Waals surface area contributed by atoms with E-state index in [0.29, 0.717) is 72.7 Å². The first-order chi connectivity index (χ1) is 52.8. The molecule has 12 rings (SSSR count). The summed E-state index contributed by atoms with van der Waals surface area (Å²) in [5, 5.41) is 46.1. The molecule has 8 saturated carbocycles. The fourth-order valence-electron chi connectivity index (χ4n) is 27.5. The van der Waals surface area contributed by atoms with Crippen molar-refractivity contribution in [2.45, 2.75) is 291 Å². The molecule has 10 aliphatic carbocycles. The lowest BCUT2D eigenvalue weighted by Gasteiger charge is -2.72. The molecule has 0 saturated heterocycles. The molecule has 0 aromatic heterocycles. The van der Waals surface area contributed by atoms with E-state index < -0.39 is 57.7 Å². The maximum Gasteiger partial charge on any atom is 0.309 e. The van der Waals surface area contributed by atoms with Crippen LogP contribution in [-0.4, -0.2) is 167 Å². The minimum absolute atomic E-state index is 0.0308. The van der Waals surface area contributed by atoms with Gasteiger partial charge < -0.3 is 39.7 Å². The van der Waals surface area contributed by atoms with E-state index in [1.807, 2.05) is 24.3 Å². The van der Waals surface area contributed by atoms with Crippen molar-refractivity contribution in [3.05, 3.63) is 92.0 Å². The van der Waals surface area contributed by atoms with Crippen molar-refractivity contribution >= 4 is 58.6 Å². The van der Waals surface area contributed by atoms with Gasteiger partial charge in [-0.25, -0.2) is 0 Å². The number of nitrogens with zero attached hydrogens (tertiary/aromatic N) is 4. The van der Waals surface area contributed by atoms with Crippen LogP contribution in [-0.2, 0) is 51.3 Å². The molecule has 2 aromatic carbocycles. The van der Waals surface area contributed by atoms with Crippen LogP contribution >= 0.6 is 23.2 Å². The van der Waals surface area contributed by atoms with Gasteiger partial charge in [-0.15, -0.1) is 0 Å². The maximum absolute atomic E-state index is 14.3. The van der Waals surface area contributed by atoms with Gasteiger partial charge in [-0.05, 0) is 285 Å². The number of hydrogen-bond donors (Lipinski definition) is 4. The lowest BCUT2D eigenvalue weighted by molar-refractivity contribution is -0.235. The third kappa shape index (κ3) is 16.1. The topological polar surface area (TPSA) is 215 Å². The van der Waals surface area contributed by atoms with Gasteiger partial charge in [0.1, 0.15) is 12.2 Å². The highest BCUT2D eigenvalue weighted by molar-refractivity contribution is 6.30. The lowest BCUT2D eigenvalue weighted by atomic mass is 9.33. The summed E-state index contributed by atoms with van der Waals surface area (Å²) in [5.41, 5.74) is 3.08. The van der Waals surface area contributed by atoms with Gasteiger partial charge in [-0.2, -0.15) is 0 Å². The van der Waals surface area contributed by atoms with Crippen LogP contribution in [0.1, 0.15) is 264 Å². The van der Waals surface area contributed by atoms with E-state index in [9.17, 15) is 49.2 Å². The molecule has 18 heteroatoms. The molecular formula is C96H146Cl2N4O12. The first-order valence-corrected chi connectivity index (χ1v) is 44.6. The average Bonchev–Trinajstić information content (AvgIpc) is 1.15. The molecule has 16 nitrogen and oxygen atoms in total. The minimum atomic E-state index is -1.17. The van der Waals surface area contributed by atoms with Crippen LogP contribution in [0.2, 0.25) is 10.0 Å². The van der Waals surface area contributed by atoms with Crippen molar-refractivity contribution in [3.63, 3.8) is 0 Å². The van der Waals surface area contributed by atoms with Crippen molar-refractivity contribution < 1.29 is 58.7 Å². The predicted octanol–water partition coefficient (Wildman–Crippen LogP) is 18.9. The standard InChI is InChI=1S/2C48H73ClN2O6/c2*1-30(2)40-34(52)26-48(37(53)29-51(25-24-50(10)11)28-31-12-14-32(49)15-13-31)23-22-46(8)33(41(40)48)16-17-36-45(7)20-19-38(57-39(54)27-43(3,4)42(55)56)44(5,6)35(45)18-21-47(36,46)9/h2*12-15,30,33,35-38,53H,16-29H2,1-11H3,(H,55,56)/t33-,35+,36-,37+,38+,45+,46-,47-,48+;33-,35+,36-,37-,38+,45+,46-,47-,48+/m11/s1.